The maximum atomic E-state index is 12.7. The summed E-state index contributed by atoms with van der Waals surface area (Å²) in [6.45, 7) is 9.18. The summed E-state index contributed by atoms with van der Waals surface area (Å²) in [5, 5.41) is 5.76. The van der Waals surface area contributed by atoms with E-state index in [2.05, 4.69) is 17.2 Å². The molecule has 164 valence electrons. The van der Waals surface area contributed by atoms with Gasteiger partial charge in [0.05, 0.1) is 19.6 Å². The monoisotopic (exact) mass is 417 g/mol. The summed E-state index contributed by atoms with van der Waals surface area (Å²) >= 11 is 0. The molecule has 8 heteroatoms. The fourth-order valence-corrected chi connectivity index (χ4v) is 2.92. The molecule has 0 aliphatic carbocycles. The highest BCUT2D eigenvalue weighted by Gasteiger charge is 2.34. The van der Waals surface area contributed by atoms with Crippen molar-refractivity contribution in [2.75, 3.05) is 38.2 Å². The third-order valence-corrected chi connectivity index (χ3v) is 4.56. The second-order valence-corrected chi connectivity index (χ2v) is 7.30. The molecule has 1 aromatic rings. The molecular formula is C22H31N3O5. The molecular weight excluding hydrogens is 386 g/mol. The van der Waals surface area contributed by atoms with Gasteiger partial charge in [0, 0.05) is 18.8 Å². The maximum Gasteiger partial charge on any atom is 0.308 e. The topological polar surface area (TPSA) is 97.0 Å². The van der Waals surface area contributed by atoms with Gasteiger partial charge in [-0.05, 0) is 43.2 Å². The first-order chi connectivity index (χ1) is 14.4. The van der Waals surface area contributed by atoms with Gasteiger partial charge in [-0.25, -0.2) is 0 Å². The van der Waals surface area contributed by atoms with Crippen molar-refractivity contribution in [2.45, 2.75) is 39.2 Å². The zero-order chi connectivity index (χ0) is 21.9. The lowest BCUT2D eigenvalue weighted by Crippen LogP contribution is -2.58. The van der Waals surface area contributed by atoms with Gasteiger partial charge in [-0.1, -0.05) is 19.9 Å². The maximum absolute atomic E-state index is 12.7. The Morgan fingerprint density at radius 3 is 2.70 bits per heavy atom. The van der Waals surface area contributed by atoms with Crippen LogP contribution in [0.25, 0.3) is 0 Å². The van der Waals surface area contributed by atoms with Gasteiger partial charge in [-0.3, -0.25) is 14.4 Å². The molecule has 0 spiro atoms. The van der Waals surface area contributed by atoms with Gasteiger partial charge >= 0.3 is 5.97 Å². The Morgan fingerprint density at radius 2 is 2.03 bits per heavy atom. The highest BCUT2D eigenvalue weighted by molar-refractivity contribution is 5.93. The molecule has 2 rings (SSSR count). The van der Waals surface area contributed by atoms with E-state index in [1.807, 2.05) is 26.0 Å². The number of benzene rings is 1. The van der Waals surface area contributed by atoms with E-state index < -0.39 is 12.0 Å². The zero-order valence-electron chi connectivity index (χ0n) is 17.7. The Labute approximate surface area is 177 Å². The van der Waals surface area contributed by atoms with Crippen molar-refractivity contribution in [3.05, 3.63) is 36.4 Å². The molecule has 1 aliphatic heterocycles. The normalized spacial score (nSPS) is 15.9. The summed E-state index contributed by atoms with van der Waals surface area (Å²) in [6, 6.07) is 6.39. The molecule has 1 unspecified atom stereocenters. The van der Waals surface area contributed by atoms with Crippen LogP contribution in [0.2, 0.25) is 0 Å². The molecule has 0 radical (unpaired) electrons. The van der Waals surface area contributed by atoms with Gasteiger partial charge in [-0.15, -0.1) is 0 Å². The molecule has 1 atom stereocenters. The van der Waals surface area contributed by atoms with Crippen LogP contribution in [-0.4, -0.2) is 61.6 Å². The number of amides is 2. The van der Waals surface area contributed by atoms with Crippen LogP contribution < -0.4 is 15.4 Å². The number of anilines is 1. The minimum atomic E-state index is -0.847. The summed E-state index contributed by atoms with van der Waals surface area (Å²) in [7, 11) is 0. The van der Waals surface area contributed by atoms with Crippen molar-refractivity contribution in [3.8, 4) is 5.75 Å². The predicted octanol–water partition coefficient (Wildman–Crippen LogP) is 2.11. The van der Waals surface area contributed by atoms with Crippen LogP contribution in [0, 0.1) is 0 Å². The van der Waals surface area contributed by atoms with E-state index in [0.29, 0.717) is 32.1 Å². The third-order valence-electron chi connectivity index (χ3n) is 4.56. The van der Waals surface area contributed by atoms with Gasteiger partial charge in [0.2, 0.25) is 11.8 Å². The minimum absolute atomic E-state index is 0.0145. The standard InChI is InChI=1S/C22H31N3O5/c1-4-5-12-29-21(27)13-19-22(28)23-10-11-25(19)20(26)14-24-17-6-8-18(9-7-17)30-15-16(2)3/h6-9,19,24H,2,4-5,10-15H2,1,3H3,(H,23,28). The van der Waals surface area contributed by atoms with Crippen molar-refractivity contribution in [1.82, 2.24) is 10.2 Å². The van der Waals surface area contributed by atoms with Gasteiger partial charge in [0.15, 0.2) is 0 Å². The second kappa shape index (κ2) is 11.8. The number of nitrogens with one attached hydrogen (secondary N) is 2. The number of rotatable bonds is 11. The quantitative estimate of drug-likeness (QED) is 0.325. The molecule has 1 aliphatic rings. The lowest BCUT2D eigenvalue weighted by atomic mass is 10.1. The first-order valence-electron chi connectivity index (χ1n) is 10.2. The molecule has 1 fully saturated rings. The number of ether oxygens (including phenoxy) is 2. The molecule has 0 bridgehead atoms. The lowest BCUT2D eigenvalue weighted by molar-refractivity contribution is -0.151. The van der Waals surface area contributed by atoms with Crippen LogP contribution in [0.15, 0.2) is 36.4 Å². The van der Waals surface area contributed by atoms with Crippen LogP contribution in [-0.2, 0) is 19.1 Å². The number of hydrogen-bond donors (Lipinski definition) is 2. The molecule has 1 saturated heterocycles. The number of hydrogen-bond acceptors (Lipinski definition) is 6. The van der Waals surface area contributed by atoms with E-state index in [0.717, 1.165) is 24.1 Å². The Morgan fingerprint density at radius 1 is 1.30 bits per heavy atom. The predicted molar refractivity (Wildman–Crippen MR) is 114 cm³/mol. The fraction of sp³-hybridized carbons (Fsp3) is 0.500. The molecule has 0 aromatic heterocycles. The molecule has 2 N–H and O–H groups in total. The Kier molecular flexibility index (Phi) is 9.18. The van der Waals surface area contributed by atoms with Crippen molar-refractivity contribution in [1.29, 1.82) is 0 Å². The van der Waals surface area contributed by atoms with Gasteiger partial charge in [0.1, 0.15) is 18.4 Å². The number of nitrogens with zero attached hydrogens (tertiary/aromatic N) is 1. The van der Waals surface area contributed by atoms with E-state index in [1.165, 1.54) is 4.90 Å². The van der Waals surface area contributed by atoms with Crippen molar-refractivity contribution in [3.63, 3.8) is 0 Å². The molecule has 30 heavy (non-hydrogen) atoms. The molecule has 2 amide bonds. The largest absolute Gasteiger partial charge is 0.489 e. The molecule has 1 aromatic carbocycles. The van der Waals surface area contributed by atoms with E-state index in [-0.39, 0.29) is 24.8 Å². The van der Waals surface area contributed by atoms with Gasteiger partial charge < -0.3 is 25.0 Å². The summed E-state index contributed by atoms with van der Waals surface area (Å²) < 4.78 is 10.7. The number of piperazine rings is 1. The third kappa shape index (κ3) is 7.42. The van der Waals surface area contributed by atoms with E-state index >= 15 is 0 Å². The average Bonchev–Trinajstić information content (AvgIpc) is 2.73. The number of esters is 1. The van der Waals surface area contributed by atoms with Crippen molar-refractivity contribution < 1.29 is 23.9 Å². The zero-order valence-corrected chi connectivity index (χ0v) is 17.7. The second-order valence-electron chi connectivity index (χ2n) is 7.30. The van der Waals surface area contributed by atoms with E-state index in [9.17, 15) is 14.4 Å². The first-order valence-corrected chi connectivity index (χ1v) is 10.2. The summed E-state index contributed by atoms with van der Waals surface area (Å²) in [6.07, 6.45) is 1.54. The van der Waals surface area contributed by atoms with Crippen molar-refractivity contribution in [2.24, 2.45) is 0 Å². The fourth-order valence-electron chi connectivity index (χ4n) is 2.92. The van der Waals surface area contributed by atoms with E-state index in [4.69, 9.17) is 9.47 Å². The van der Waals surface area contributed by atoms with Crippen LogP contribution in [0.5, 0.6) is 5.75 Å². The SMILES string of the molecule is C=C(C)COc1ccc(NCC(=O)N2CCNC(=O)C2CC(=O)OCCCC)cc1. The van der Waals surface area contributed by atoms with Gasteiger partial charge in [0.25, 0.3) is 0 Å². The number of carbonyl (C=O) groups is 3. The lowest BCUT2D eigenvalue weighted by Gasteiger charge is -2.34. The van der Waals surface area contributed by atoms with Crippen molar-refractivity contribution >= 4 is 23.5 Å². The number of unbranched alkanes of at least 4 members (excludes halogenated alkanes) is 1. The highest BCUT2D eigenvalue weighted by Crippen LogP contribution is 2.17. The Balaban J connectivity index is 1.89. The first kappa shape index (κ1) is 23.3. The Bertz CT molecular complexity index is 748. The molecule has 1 heterocycles. The summed E-state index contributed by atoms with van der Waals surface area (Å²) in [5.74, 6) is -0.342. The summed E-state index contributed by atoms with van der Waals surface area (Å²) in [4.78, 5) is 38.4. The average molecular weight is 418 g/mol. The van der Waals surface area contributed by atoms with Crippen LogP contribution in [0.1, 0.15) is 33.1 Å². The van der Waals surface area contributed by atoms with Gasteiger partial charge in [-0.2, -0.15) is 0 Å². The molecule has 0 saturated carbocycles. The highest BCUT2D eigenvalue weighted by atomic mass is 16.5. The smallest absolute Gasteiger partial charge is 0.308 e. The minimum Gasteiger partial charge on any atom is -0.489 e. The van der Waals surface area contributed by atoms with E-state index in [1.54, 1.807) is 12.1 Å². The van der Waals surface area contributed by atoms with Crippen LogP contribution in [0.3, 0.4) is 0 Å². The number of carbonyl (C=O) groups excluding carboxylic acids is 3. The summed E-state index contributed by atoms with van der Waals surface area (Å²) in [5.41, 5.74) is 1.68. The van der Waals surface area contributed by atoms with Crippen LogP contribution in [0.4, 0.5) is 5.69 Å². The molecule has 8 nitrogen and oxygen atoms in total. The van der Waals surface area contributed by atoms with Crippen LogP contribution >= 0.6 is 0 Å². The Hall–Kier alpha value is -3.03.